The van der Waals surface area contributed by atoms with Crippen LogP contribution in [-0.4, -0.2) is 35.2 Å². The van der Waals surface area contributed by atoms with Gasteiger partial charge in [0.2, 0.25) is 0 Å². The highest BCUT2D eigenvalue weighted by atomic mass is 16.5. The number of carbonyl (C=O) groups excluding carboxylic acids is 1. The summed E-state index contributed by atoms with van der Waals surface area (Å²) in [6, 6.07) is 0. The van der Waals surface area contributed by atoms with Crippen molar-refractivity contribution >= 4 is 17.9 Å². The second kappa shape index (κ2) is 14.6. The van der Waals surface area contributed by atoms with Crippen molar-refractivity contribution in [3.05, 3.63) is 37.5 Å². The molecular formula is C12H18O6. The van der Waals surface area contributed by atoms with Crippen LogP contribution >= 0.6 is 0 Å². The third-order valence-electron chi connectivity index (χ3n) is 1.27. The maximum Gasteiger partial charge on any atom is 0.330 e. The lowest BCUT2D eigenvalue weighted by Gasteiger charge is -1.87. The summed E-state index contributed by atoms with van der Waals surface area (Å²) in [4.78, 5) is 28.9. The number of carboxylic acids is 2. The molecule has 0 aliphatic rings. The summed E-state index contributed by atoms with van der Waals surface area (Å²) in [7, 11) is 1.31. The number of aliphatic carboxylic acids is 2. The first-order chi connectivity index (χ1) is 8.26. The van der Waals surface area contributed by atoms with E-state index in [-0.39, 0.29) is 5.57 Å². The summed E-state index contributed by atoms with van der Waals surface area (Å²) < 4.78 is 4.14. The lowest BCUT2D eigenvalue weighted by Crippen LogP contribution is -1.95. The second-order valence-corrected chi connectivity index (χ2v) is 2.53. The molecule has 0 aromatic heterocycles. The minimum atomic E-state index is -0.981. The van der Waals surface area contributed by atoms with Gasteiger partial charge in [-0.25, -0.2) is 14.4 Å². The highest BCUT2D eigenvalue weighted by Gasteiger charge is 1.96. The van der Waals surface area contributed by atoms with Crippen molar-refractivity contribution in [1.82, 2.24) is 0 Å². The molecule has 0 fully saturated rings. The van der Waals surface area contributed by atoms with Crippen molar-refractivity contribution in [1.29, 1.82) is 0 Å². The molecule has 18 heavy (non-hydrogen) atoms. The van der Waals surface area contributed by atoms with Crippen molar-refractivity contribution in [2.45, 2.75) is 13.3 Å². The van der Waals surface area contributed by atoms with Gasteiger partial charge >= 0.3 is 17.9 Å². The van der Waals surface area contributed by atoms with Crippen molar-refractivity contribution < 1.29 is 29.3 Å². The monoisotopic (exact) mass is 258 g/mol. The molecule has 0 amide bonds. The van der Waals surface area contributed by atoms with Gasteiger partial charge < -0.3 is 14.9 Å². The lowest BCUT2D eigenvalue weighted by molar-refractivity contribution is -0.135. The Bertz CT molecular complexity index is 317. The minimum Gasteiger partial charge on any atom is -0.478 e. The molecule has 6 heteroatoms. The Morgan fingerprint density at radius 1 is 1.17 bits per heavy atom. The molecule has 0 aromatic rings. The van der Waals surface area contributed by atoms with E-state index in [0.29, 0.717) is 6.42 Å². The summed E-state index contributed by atoms with van der Waals surface area (Å²) in [6.45, 7) is 11.2. The maximum atomic E-state index is 9.84. The SMILES string of the molecule is C=C(CC)C(=O)O.C=CC(=O)O.C=CC(=O)OC. The Hall–Kier alpha value is -2.37. The summed E-state index contributed by atoms with van der Waals surface area (Å²) in [5, 5.41) is 15.7. The summed E-state index contributed by atoms with van der Waals surface area (Å²) >= 11 is 0. The van der Waals surface area contributed by atoms with Gasteiger partial charge in [-0.1, -0.05) is 26.7 Å². The van der Waals surface area contributed by atoms with Crippen LogP contribution in [0.2, 0.25) is 0 Å². The molecule has 0 aromatic carbocycles. The first-order valence-electron chi connectivity index (χ1n) is 4.73. The highest BCUT2D eigenvalue weighted by Crippen LogP contribution is 1.93. The number of carbonyl (C=O) groups is 3. The molecule has 0 saturated heterocycles. The third kappa shape index (κ3) is 23.4. The van der Waals surface area contributed by atoms with Crippen LogP contribution in [0.5, 0.6) is 0 Å². The number of rotatable bonds is 4. The number of carboxylic acid groups (broad SMARTS) is 2. The number of hydrogen-bond acceptors (Lipinski definition) is 4. The summed E-state index contributed by atoms with van der Waals surface area (Å²) in [5.41, 5.74) is 0.264. The first-order valence-corrected chi connectivity index (χ1v) is 4.73. The van der Waals surface area contributed by atoms with Gasteiger partial charge in [-0.3, -0.25) is 0 Å². The van der Waals surface area contributed by atoms with Gasteiger partial charge in [0.15, 0.2) is 0 Å². The van der Waals surface area contributed by atoms with Crippen LogP contribution in [0.3, 0.4) is 0 Å². The standard InChI is InChI=1S/C5H8O2.C4H6O2.C3H4O2/c1-3-4(2)5(6)7;1-3-4(5)6-2;1-2-3(4)5/h2-3H2,1H3,(H,6,7);3H,1H2,2H3;2H,1H2,(H,4,5). The molecule has 6 nitrogen and oxygen atoms in total. The molecule has 0 bridgehead atoms. The normalized spacial score (nSPS) is 7.22. The van der Waals surface area contributed by atoms with Gasteiger partial charge in [-0.15, -0.1) is 0 Å². The van der Waals surface area contributed by atoms with Gasteiger partial charge in [-0.05, 0) is 6.42 Å². The fourth-order valence-corrected chi connectivity index (χ4v) is 0.235. The fourth-order valence-electron chi connectivity index (χ4n) is 0.235. The Kier molecular flexibility index (Phi) is 17.0. The summed E-state index contributed by atoms with van der Waals surface area (Å²) in [6.07, 6.45) is 2.47. The maximum absolute atomic E-state index is 9.84. The van der Waals surface area contributed by atoms with Gasteiger partial charge in [-0.2, -0.15) is 0 Å². The number of methoxy groups -OCH3 is 1. The Morgan fingerprint density at radius 2 is 1.56 bits per heavy atom. The van der Waals surface area contributed by atoms with Gasteiger partial charge in [0.05, 0.1) is 7.11 Å². The van der Waals surface area contributed by atoms with Crippen LogP contribution in [0.15, 0.2) is 37.5 Å². The van der Waals surface area contributed by atoms with Crippen molar-refractivity contribution in [3.8, 4) is 0 Å². The zero-order chi connectivity index (χ0) is 15.1. The zero-order valence-electron chi connectivity index (χ0n) is 10.5. The molecule has 0 rings (SSSR count). The fraction of sp³-hybridized carbons (Fsp3) is 0.250. The van der Waals surface area contributed by atoms with Crippen molar-refractivity contribution in [2.75, 3.05) is 7.11 Å². The minimum absolute atomic E-state index is 0.264. The van der Waals surface area contributed by atoms with Gasteiger partial charge in [0.25, 0.3) is 0 Å². The lowest BCUT2D eigenvalue weighted by atomic mass is 10.2. The largest absolute Gasteiger partial charge is 0.478 e. The molecule has 102 valence electrons. The molecular weight excluding hydrogens is 240 g/mol. The van der Waals surface area contributed by atoms with E-state index in [4.69, 9.17) is 10.2 Å². The molecule has 0 aliphatic carbocycles. The number of esters is 1. The van der Waals surface area contributed by atoms with Gasteiger partial charge in [0, 0.05) is 17.7 Å². The van der Waals surface area contributed by atoms with Crippen molar-refractivity contribution in [3.63, 3.8) is 0 Å². The molecule has 0 radical (unpaired) electrons. The number of hydrogen-bond donors (Lipinski definition) is 2. The average molecular weight is 258 g/mol. The van der Waals surface area contributed by atoms with E-state index in [1.165, 1.54) is 7.11 Å². The molecule has 0 unspecified atom stereocenters. The smallest absolute Gasteiger partial charge is 0.330 e. The van der Waals surface area contributed by atoms with E-state index in [9.17, 15) is 14.4 Å². The molecule has 2 N–H and O–H groups in total. The molecule has 0 atom stereocenters. The predicted molar refractivity (Wildman–Crippen MR) is 67.1 cm³/mol. The summed E-state index contributed by atoms with van der Waals surface area (Å²) in [5.74, 6) is -2.28. The van der Waals surface area contributed by atoms with E-state index in [1.807, 2.05) is 0 Å². The van der Waals surface area contributed by atoms with Crippen LogP contribution in [0.4, 0.5) is 0 Å². The molecule has 0 heterocycles. The van der Waals surface area contributed by atoms with Crippen LogP contribution in [0, 0.1) is 0 Å². The van der Waals surface area contributed by atoms with Crippen LogP contribution in [0.1, 0.15) is 13.3 Å². The zero-order valence-corrected chi connectivity index (χ0v) is 10.5. The second-order valence-electron chi connectivity index (χ2n) is 2.53. The van der Waals surface area contributed by atoms with Crippen molar-refractivity contribution in [2.24, 2.45) is 0 Å². The molecule has 0 saturated carbocycles. The first kappa shape index (κ1) is 21.0. The topological polar surface area (TPSA) is 101 Å². The van der Waals surface area contributed by atoms with E-state index in [1.54, 1.807) is 6.92 Å². The van der Waals surface area contributed by atoms with E-state index < -0.39 is 17.9 Å². The average Bonchev–Trinajstić information content (AvgIpc) is 2.37. The van der Waals surface area contributed by atoms with E-state index in [2.05, 4.69) is 24.5 Å². The molecule has 0 spiro atoms. The Morgan fingerprint density at radius 3 is 1.56 bits per heavy atom. The third-order valence-corrected chi connectivity index (χ3v) is 1.27. The quantitative estimate of drug-likeness (QED) is 0.587. The Balaban J connectivity index is -0.000000190. The van der Waals surface area contributed by atoms with E-state index in [0.717, 1.165) is 12.2 Å². The van der Waals surface area contributed by atoms with Gasteiger partial charge in [0.1, 0.15) is 0 Å². The Labute approximate surface area is 106 Å². The van der Waals surface area contributed by atoms with E-state index >= 15 is 0 Å². The predicted octanol–water partition coefficient (Wildman–Crippen LogP) is 1.64. The van der Waals surface area contributed by atoms with Crippen LogP contribution in [0.25, 0.3) is 0 Å². The molecule has 0 aliphatic heterocycles. The highest BCUT2D eigenvalue weighted by molar-refractivity contribution is 5.85. The van der Waals surface area contributed by atoms with Crippen LogP contribution < -0.4 is 0 Å². The number of ether oxygens (including phenoxy) is 1. The van der Waals surface area contributed by atoms with Crippen LogP contribution in [-0.2, 0) is 19.1 Å².